The number of rotatable bonds is 5. The quantitative estimate of drug-likeness (QED) is 0.193. The normalized spacial score (nSPS) is 12.9. The zero-order chi connectivity index (χ0) is 28.2. The van der Waals surface area contributed by atoms with E-state index in [1.165, 1.54) is 19.3 Å². The highest BCUT2D eigenvalue weighted by Crippen LogP contribution is 2.20. The summed E-state index contributed by atoms with van der Waals surface area (Å²) in [5, 5.41) is 8.00. The van der Waals surface area contributed by atoms with Crippen molar-refractivity contribution in [2.75, 3.05) is 32.8 Å². The fraction of sp³-hybridized carbons (Fsp3) is 0.433. The van der Waals surface area contributed by atoms with Crippen molar-refractivity contribution < 1.29 is 24.3 Å². The molecule has 0 spiro atoms. The Labute approximate surface area is 222 Å². The molecule has 0 saturated carbocycles. The summed E-state index contributed by atoms with van der Waals surface area (Å²) in [6.07, 6.45) is 0. The Morgan fingerprint density at radius 3 is 1.81 bits per heavy atom. The van der Waals surface area contributed by atoms with E-state index in [0.29, 0.717) is 0 Å². The van der Waals surface area contributed by atoms with Crippen molar-refractivity contribution in [2.45, 2.75) is 48.5 Å². The predicted molar refractivity (Wildman–Crippen MR) is 148 cm³/mol. The number of amides is 1. The van der Waals surface area contributed by atoms with Crippen molar-refractivity contribution in [2.24, 2.45) is 5.92 Å². The monoisotopic (exact) mass is 510 g/mol. The van der Waals surface area contributed by atoms with Crippen LogP contribution in [0.2, 0.25) is 0 Å². The minimum atomic E-state index is -0.755. The number of Topliss-reactive ketones (excluding diaryl/α,β-unsaturated/α-hetero) is 2. The second-order valence-electron chi connectivity index (χ2n) is 7.71. The molecule has 1 aliphatic heterocycles. The first-order valence-electron chi connectivity index (χ1n) is 12.8. The van der Waals surface area contributed by atoms with E-state index >= 15 is 0 Å². The third kappa shape index (κ3) is 13.0. The maximum Gasteiger partial charge on any atom is 0.253 e. The lowest BCUT2D eigenvalue weighted by atomic mass is 10.0. The fourth-order valence-corrected chi connectivity index (χ4v) is 2.94. The average Bonchev–Trinajstić information content (AvgIpc) is 2.95. The van der Waals surface area contributed by atoms with Gasteiger partial charge in [-0.25, -0.2) is 5.48 Å². The summed E-state index contributed by atoms with van der Waals surface area (Å²) in [6, 6.07) is 15.9. The van der Waals surface area contributed by atoms with E-state index in [0.717, 1.165) is 55.1 Å². The Morgan fingerprint density at radius 1 is 0.919 bits per heavy atom. The summed E-state index contributed by atoms with van der Waals surface area (Å²) in [4.78, 5) is 34.4. The van der Waals surface area contributed by atoms with Crippen LogP contribution in [0, 0.1) is 17.8 Å². The van der Waals surface area contributed by atoms with Crippen LogP contribution >= 0.6 is 0 Å². The maximum atomic E-state index is 11.3. The number of hydroxylamine groups is 1. The van der Waals surface area contributed by atoms with Crippen LogP contribution in [0.5, 0.6) is 0 Å². The molecule has 0 aromatic heterocycles. The second-order valence-corrected chi connectivity index (χ2v) is 7.71. The van der Waals surface area contributed by atoms with Gasteiger partial charge in [-0.15, -0.1) is 0 Å². The van der Waals surface area contributed by atoms with E-state index in [2.05, 4.69) is 28.9 Å². The highest BCUT2D eigenvalue weighted by molar-refractivity contribution is 5.99. The van der Waals surface area contributed by atoms with Crippen molar-refractivity contribution in [3.63, 3.8) is 0 Å². The summed E-state index contributed by atoms with van der Waals surface area (Å²) in [6.45, 7) is 16.6. The molecule has 2 aromatic rings. The smallest absolute Gasteiger partial charge is 0.253 e. The molecule has 1 aliphatic rings. The van der Waals surface area contributed by atoms with Gasteiger partial charge in [-0.05, 0) is 44.0 Å². The highest BCUT2D eigenvalue weighted by Gasteiger charge is 2.15. The standard InChI is InChI=1S/C21H21NO2.C5H9NO3.2C2H6/c1-17(23)19-8-10-21(11-9-19)20-6-4-18(5-7-20)3-2-12-22-13-15-24-16-14-22;1-3(4(2)7)5(8)6-9;2*1-2/h4-11H,12-16H2,1H3;3,9H,1-2H3,(H,6,8);2*1-2H3. The Kier molecular flexibility index (Phi) is 18.1. The molecule has 2 aromatic carbocycles. The van der Waals surface area contributed by atoms with Crippen LogP contribution < -0.4 is 5.48 Å². The van der Waals surface area contributed by atoms with Gasteiger partial charge >= 0.3 is 0 Å². The minimum absolute atomic E-state index is 0.0902. The molecule has 0 aliphatic carbocycles. The van der Waals surface area contributed by atoms with Gasteiger partial charge in [0.15, 0.2) is 5.78 Å². The van der Waals surface area contributed by atoms with Crippen LogP contribution in [0.25, 0.3) is 11.1 Å². The van der Waals surface area contributed by atoms with E-state index in [-0.39, 0.29) is 11.6 Å². The molecule has 0 radical (unpaired) electrons. The number of hydrogen-bond acceptors (Lipinski definition) is 6. The Morgan fingerprint density at radius 2 is 1.41 bits per heavy atom. The molecular formula is C30H42N2O5. The molecule has 3 rings (SSSR count). The third-order valence-electron chi connectivity index (χ3n) is 5.26. The number of ketones is 2. The Balaban J connectivity index is 0.000000843. The van der Waals surface area contributed by atoms with Crippen molar-refractivity contribution in [1.29, 1.82) is 0 Å². The van der Waals surface area contributed by atoms with Crippen LogP contribution in [-0.4, -0.2) is 60.4 Å². The molecule has 2 N–H and O–H groups in total. The molecule has 1 heterocycles. The van der Waals surface area contributed by atoms with Crippen molar-refractivity contribution in [3.8, 4) is 23.0 Å². The second kappa shape index (κ2) is 19.8. The molecule has 1 unspecified atom stereocenters. The lowest BCUT2D eigenvalue weighted by molar-refractivity contribution is -0.138. The van der Waals surface area contributed by atoms with Crippen molar-refractivity contribution >= 4 is 17.5 Å². The number of hydrogen-bond donors (Lipinski definition) is 2. The molecule has 1 fully saturated rings. The van der Waals surface area contributed by atoms with Crippen LogP contribution in [0.1, 0.15) is 64.4 Å². The first-order chi connectivity index (χ1) is 17.8. The molecule has 0 bridgehead atoms. The van der Waals surface area contributed by atoms with Gasteiger partial charge in [-0.1, -0.05) is 75.9 Å². The zero-order valence-electron chi connectivity index (χ0n) is 23.3. The number of nitrogens with zero attached hydrogens (tertiary/aromatic N) is 1. The van der Waals surface area contributed by atoms with Crippen molar-refractivity contribution in [1.82, 2.24) is 10.4 Å². The number of nitrogens with one attached hydrogen (secondary N) is 1. The zero-order valence-corrected chi connectivity index (χ0v) is 23.3. The van der Waals surface area contributed by atoms with Crippen LogP contribution in [-0.2, 0) is 14.3 Å². The van der Waals surface area contributed by atoms with Gasteiger partial charge in [0.2, 0.25) is 0 Å². The first-order valence-corrected chi connectivity index (χ1v) is 12.8. The fourth-order valence-electron chi connectivity index (χ4n) is 2.94. The van der Waals surface area contributed by atoms with E-state index in [1.807, 2.05) is 64.1 Å². The lowest BCUT2D eigenvalue weighted by Crippen LogP contribution is -2.36. The number of morpholine rings is 1. The lowest BCUT2D eigenvalue weighted by Gasteiger charge is -2.24. The van der Waals surface area contributed by atoms with Gasteiger partial charge in [-0.2, -0.15) is 0 Å². The van der Waals surface area contributed by atoms with Crippen LogP contribution in [0.3, 0.4) is 0 Å². The highest BCUT2D eigenvalue weighted by atomic mass is 16.5. The minimum Gasteiger partial charge on any atom is -0.379 e. The number of ether oxygens (including phenoxy) is 1. The van der Waals surface area contributed by atoms with Gasteiger partial charge in [0.05, 0.1) is 25.7 Å². The van der Waals surface area contributed by atoms with E-state index < -0.39 is 11.8 Å². The number of carbonyl (C=O) groups is 3. The predicted octanol–water partition coefficient (Wildman–Crippen LogP) is 5.01. The summed E-state index contributed by atoms with van der Waals surface area (Å²) >= 11 is 0. The van der Waals surface area contributed by atoms with Crippen molar-refractivity contribution in [3.05, 3.63) is 59.7 Å². The summed E-state index contributed by atoms with van der Waals surface area (Å²) in [5.41, 5.74) is 5.38. The van der Waals surface area contributed by atoms with Gasteiger partial charge in [0, 0.05) is 24.2 Å². The molecule has 37 heavy (non-hydrogen) atoms. The topological polar surface area (TPSA) is 95.9 Å². The molecular weight excluding hydrogens is 468 g/mol. The largest absolute Gasteiger partial charge is 0.379 e. The van der Waals surface area contributed by atoms with E-state index in [1.54, 1.807) is 6.92 Å². The average molecular weight is 511 g/mol. The Hall–Kier alpha value is -3.31. The van der Waals surface area contributed by atoms with Gasteiger partial charge in [0.25, 0.3) is 5.91 Å². The van der Waals surface area contributed by atoms with Crippen LogP contribution in [0.15, 0.2) is 48.5 Å². The molecule has 1 saturated heterocycles. The molecule has 7 nitrogen and oxygen atoms in total. The summed E-state index contributed by atoms with van der Waals surface area (Å²) in [5.74, 6) is 4.86. The SMILES string of the molecule is CC.CC.CC(=O)C(C)C(=O)NO.CC(=O)c1ccc(-c2ccc(C#CCN3CCOCC3)cc2)cc1. The van der Waals surface area contributed by atoms with Gasteiger partial charge in [-0.3, -0.25) is 24.5 Å². The molecule has 1 atom stereocenters. The van der Waals surface area contributed by atoms with Gasteiger partial charge < -0.3 is 4.74 Å². The van der Waals surface area contributed by atoms with E-state index in [4.69, 9.17) is 9.94 Å². The molecule has 7 heteroatoms. The van der Waals surface area contributed by atoms with Gasteiger partial charge in [0.1, 0.15) is 5.78 Å². The number of carbonyl (C=O) groups excluding carboxylic acids is 3. The maximum absolute atomic E-state index is 11.3. The molecule has 202 valence electrons. The molecule has 1 amide bonds. The van der Waals surface area contributed by atoms with E-state index in [9.17, 15) is 14.4 Å². The van der Waals surface area contributed by atoms with Crippen LogP contribution in [0.4, 0.5) is 0 Å². The number of benzene rings is 2. The Bertz CT molecular complexity index is 999. The first kappa shape index (κ1) is 33.7. The third-order valence-corrected chi connectivity index (χ3v) is 5.26. The summed E-state index contributed by atoms with van der Waals surface area (Å²) < 4.78 is 5.33. The summed E-state index contributed by atoms with van der Waals surface area (Å²) in [7, 11) is 0.